The molecule has 0 spiro atoms. The number of carbonyl (C=O) groups excluding carboxylic acids is 2. The van der Waals surface area contributed by atoms with Gasteiger partial charge in [-0.15, -0.1) is 0 Å². The normalized spacial score (nSPS) is 12.8. The first-order chi connectivity index (χ1) is 27.6. The quantitative estimate of drug-likeness (QED) is 0.0579. The van der Waals surface area contributed by atoms with Crippen LogP contribution in [0.1, 0.15) is 48.9 Å². The number of ether oxygens (including phenoxy) is 2. The number of hydrogen-bond donors (Lipinski definition) is 2. The summed E-state index contributed by atoms with van der Waals surface area (Å²) in [6.45, 7) is 13.5. The van der Waals surface area contributed by atoms with E-state index in [4.69, 9.17) is 19.7 Å². The van der Waals surface area contributed by atoms with Crippen molar-refractivity contribution in [2.24, 2.45) is 0 Å². The Balaban J connectivity index is 0.000000337. The van der Waals surface area contributed by atoms with Gasteiger partial charge in [0.05, 0.1) is 0 Å². The molecule has 0 fully saturated rings. The van der Waals surface area contributed by atoms with Gasteiger partial charge in [-0.25, -0.2) is 9.59 Å². The maximum absolute atomic E-state index is 12.3. The van der Waals surface area contributed by atoms with Gasteiger partial charge in [-0.05, 0) is 50.5 Å². The van der Waals surface area contributed by atoms with E-state index in [0.717, 1.165) is 33.4 Å². The Labute approximate surface area is 343 Å². The monoisotopic (exact) mass is 790 g/mol. The zero-order valence-electron chi connectivity index (χ0n) is 34.6. The smallest absolute Gasteiger partial charge is 0.328 e. The molecule has 0 radical (unpaired) electrons. The molecular formula is C48H58N2O8. The SMILES string of the molecule is C=C(CN(C)C)C(Cc1ccccc1)(OC(=O)CC)c1ccccc1.C=C(CN(C)C)C(Cc1ccccc1)(OC(=O)CC)c1ccccc1.O=C(O)/C=C\C(=O)O. The van der Waals surface area contributed by atoms with Gasteiger partial charge < -0.3 is 29.5 Å². The van der Waals surface area contributed by atoms with Gasteiger partial charge in [-0.1, -0.05) is 148 Å². The highest BCUT2D eigenvalue weighted by Gasteiger charge is 2.40. The van der Waals surface area contributed by atoms with Gasteiger partial charge in [0.15, 0.2) is 11.2 Å². The molecule has 10 heteroatoms. The number of nitrogens with zero attached hydrogens (tertiary/aromatic N) is 2. The Hall–Kier alpha value is -6.10. The van der Waals surface area contributed by atoms with Crippen molar-refractivity contribution in [2.75, 3.05) is 41.3 Å². The molecule has 0 aromatic heterocycles. The van der Waals surface area contributed by atoms with Crippen molar-refractivity contribution < 1.29 is 38.9 Å². The number of esters is 2. The van der Waals surface area contributed by atoms with E-state index >= 15 is 0 Å². The Kier molecular flexibility index (Phi) is 20.3. The maximum Gasteiger partial charge on any atom is 0.328 e. The number of hydrogen-bond acceptors (Lipinski definition) is 8. The maximum atomic E-state index is 12.3. The van der Waals surface area contributed by atoms with Crippen molar-refractivity contribution in [3.63, 3.8) is 0 Å². The van der Waals surface area contributed by atoms with E-state index in [1.54, 1.807) is 0 Å². The van der Waals surface area contributed by atoms with Gasteiger partial charge in [0.1, 0.15) is 0 Å². The zero-order valence-corrected chi connectivity index (χ0v) is 34.6. The number of benzene rings is 4. The molecule has 2 unspecified atom stereocenters. The van der Waals surface area contributed by atoms with Gasteiger partial charge in [-0.2, -0.15) is 0 Å². The molecule has 0 saturated heterocycles. The number of rotatable bonds is 18. The van der Waals surface area contributed by atoms with Crippen LogP contribution in [0.25, 0.3) is 0 Å². The largest absolute Gasteiger partial charge is 0.478 e. The molecule has 308 valence electrons. The Morgan fingerprint density at radius 2 is 0.810 bits per heavy atom. The second-order valence-corrected chi connectivity index (χ2v) is 14.1. The number of likely N-dealkylation sites (N-methyl/N-ethyl adjacent to an activating group) is 2. The van der Waals surface area contributed by atoms with E-state index in [-0.39, 0.29) is 11.9 Å². The van der Waals surface area contributed by atoms with Crippen LogP contribution in [-0.4, -0.2) is 85.2 Å². The van der Waals surface area contributed by atoms with Crippen LogP contribution in [0.15, 0.2) is 158 Å². The first-order valence-corrected chi connectivity index (χ1v) is 19.0. The fraction of sp³-hybridized carbons (Fsp3) is 0.292. The highest BCUT2D eigenvalue weighted by molar-refractivity contribution is 5.89. The molecule has 0 aliphatic rings. The summed E-state index contributed by atoms with van der Waals surface area (Å²) in [5.74, 6) is -2.96. The second kappa shape index (κ2) is 24.5. The van der Waals surface area contributed by atoms with Crippen LogP contribution in [0.3, 0.4) is 0 Å². The summed E-state index contributed by atoms with van der Waals surface area (Å²) in [6, 6.07) is 40.0. The summed E-state index contributed by atoms with van der Waals surface area (Å²) < 4.78 is 12.1. The fourth-order valence-corrected chi connectivity index (χ4v) is 6.07. The van der Waals surface area contributed by atoms with E-state index in [0.29, 0.717) is 50.9 Å². The van der Waals surface area contributed by atoms with E-state index in [2.05, 4.69) is 37.4 Å². The Bertz CT molecular complexity index is 1790. The average molecular weight is 791 g/mol. The predicted molar refractivity (Wildman–Crippen MR) is 229 cm³/mol. The first kappa shape index (κ1) is 48.0. The third-order valence-corrected chi connectivity index (χ3v) is 8.75. The first-order valence-electron chi connectivity index (χ1n) is 19.0. The lowest BCUT2D eigenvalue weighted by Crippen LogP contribution is -2.40. The summed E-state index contributed by atoms with van der Waals surface area (Å²) in [7, 11) is 7.96. The van der Waals surface area contributed by atoms with Crippen molar-refractivity contribution in [2.45, 2.75) is 50.7 Å². The second-order valence-electron chi connectivity index (χ2n) is 14.1. The molecule has 0 aliphatic carbocycles. The van der Waals surface area contributed by atoms with Crippen LogP contribution in [0.5, 0.6) is 0 Å². The topological polar surface area (TPSA) is 134 Å². The van der Waals surface area contributed by atoms with Crippen molar-refractivity contribution >= 4 is 23.9 Å². The van der Waals surface area contributed by atoms with Crippen molar-refractivity contribution in [1.82, 2.24) is 9.80 Å². The summed E-state index contributed by atoms with van der Waals surface area (Å²) in [5.41, 5.74) is 4.11. The molecule has 0 heterocycles. The van der Waals surface area contributed by atoms with E-state index in [9.17, 15) is 19.2 Å². The zero-order chi connectivity index (χ0) is 43.1. The number of carboxylic acids is 2. The average Bonchev–Trinajstić information content (AvgIpc) is 3.20. The van der Waals surface area contributed by atoms with Crippen molar-refractivity contribution in [3.05, 3.63) is 180 Å². The van der Waals surface area contributed by atoms with Crippen LogP contribution in [0.2, 0.25) is 0 Å². The molecule has 0 amide bonds. The van der Waals surface area contributed by atoms with Gasteiger partial charge in [0, 0.05) is 62.1 Å². The third-order valence-electron chi connectivity index (χ3n) is 8.75. The van der Waals surface area contributed by atoms with E-state index in [1.165, 1.54) is 0 Å². The summed E-state index contributed by atoms with van der Waals surface area (Å²) >= 11 is 0. The molecular weight excluding hydrogens is 733 g/mol. The molecule has 10 nitrogen and oxygen atoms in total. The highest BCUT2D eigenvalue weighted by Crippen LogP contribution is 2.39. The number of aliphatic carboxylic acids is 2. The summed E-state index contributed by atoms with van der Waals surface area (Å²) in [5, 5.41) is 15.6. The van der Waals surface area contributed by atoms with Crippen LogP contribution >= 0.6 is 0 Å². The lowest BCUT2D eigenvalue weighted by Gasteiger charge is -2.37. The van der Waals surface area contributed by atoms with Crippen LogP contribution in [0.4, 0.5) is 0 Å². The van der Waals surface area contributed by atoms with Crippen molar-refractivity contribution in [1.29, 1.82) is 0 Å². The molecule has 4 rings (SSSR count). The molecule has 0 saturated carbocycles. The molecule has 58 heavy (non-hydrogen) atoms. The number of carboxylic acid groups (broad SMARTS) is 2. The predicted octanol–water partition coefficient (Wildman–Crippen LogP) is 8.10. The minimum atomic E-state index is -1.26. The lowest BCUT2D eigenvalue weighted by atomic mass is 9.81. The van der Waals surface area contributed by atoms with Crippen LogP contribution in [-0.2, 0) is 52.7 Å². The van der Waals surface area contributed by atoms with E-state index in [1.807, 2.05) is 149 Å². The van der Waals surface area contributed by atoms with Gasteiger partial charge in [0.25, 0.3) is 0 Å². The van der Waals surface area contributed by atoms with Crippen LogP contribution < -0.4 is 0 Å². The third kappa shape index (κ3) is 15.8. The molecule has 4 aromatic rings. The van der Waals surface area contributed by atoms with E-state index < -0.39 is 23.1 Å². The Morgan fingerprint density at radius 3 is 1.05 bits per heavy atom. The molecule has 0 aliphatic heterocycles. The minimum absolute atomic E-state index is 0.223. The molecule has 2 atom stereocenters. The molecule has 4 aromatic carbocycles. The van der Waals surface area contributed by atoms with Gasteiger partial charge in [-0.3, -0.25) is 9.59 Å². The highest BCUT2D eigenvalue weighted by atomic mass is 16.6. The minimum Gasteiger partial charge on any atom is -0.478 e. The standard InChI is InChI=1S/2C22H27NO2.C4H4O4/c2*1-5-21(24)25-22(18(2)17-23(3)4,20-14-10-7-11-15-20)16-19-12-8-6-9-13-19;5-3(6)1-2-4(7)8/h2*6-15H,2,5,16-17H2,1,3-4H3;1-2H,(H,5,6)(H,7,8)/b;;2-1-. The van der Waals surface area contributed by atoms with Crippen molar-refractivity contribution in [3.8, 4) is 0 Å². The van der Waals surface area contributed by atoms with Gasteiger partial charge >= 0.3 is 23.9 Å². The van der Waals surface area contributed by atoms with Crippen LogP contribution in [0, 0.1) is 0 Å². The molecule has 0 bridgehead atoms. The summed E-state index contributed by atoms with van der Waals surface area (Å²) in [4.78, 5) is 47.8. The molecule has 2 N–H and O–H groups in total. The van der Waals surface area contributed by atoms with Gasteiger partial charge in [0.2, 0.25) is 0 Å². The number of carbonyl (C=O) groups is 4. The fourth-order valence-electron chi connectivity index (χ4n) is 6.07. The lowest BCUT2D eigenvalue weighted by molar-refractivity contribution is -0.158. The Morgan fingerprint density at radius 1 is 0.534 bits per heavy atom. The summed E-state index contributed by atoms with van der Waals surface area (Å²) in [6.07, 6.45) is 2.91.